The number of hydrogen-bond acceptors (Lipinski definition) is 5. The third kappa shape index (κ3) is 4.14. The second kappa shape index (κ2) is 6.49. The van der Waals surface area contributed by atoms with Gasteiger partial charge in [-0.1, -0.05) is 18.2 Å². The number of sulfone groups is 1. The molecular formula is C14H18N2O2S2. The SMILES string of the molecule is CS(=O)(=O)c1ccc(CNCC(N)c2cccs2)cc1. The van der Waals surface area contributed by atoms with E-state index in [1.54, 1.807) is 23.5 Å². The van der Waals surface area contributed by atoms with Gasteiger partial charge < -0.3 is 11.1 Å². The molecule has 6 heteroatoms. The molecule has 0 aliphatic heterocycles. The summed E-state index contributed by atoms with van der Waals surface area (Å²) in [6.45, 7) is 1.36. The van der Waals surface area contributed by atoms with Crippen molar-refractivity contribution in [1.29, 1.82) is 0 Å². The predicted molar refractivity (Wildman–Crippen MR) is 82.5 cm³/mol. The van der Waals surface area contributed by atoms with Gasteiger partial charge in [-0.05, 0) is 29.1 Å². The van der Waals surface area contributed by atoms with Crippen molar-refractivity contribution in [3.8, 4) is 0 Å². The molecule has 1 atom stereocenters. The molecule has 0 amide bonds. The van der Waals surface area contributed by atoms with Crippen LogP contribution in [0.25, 0.3) is 0 Å². The lowest BCUT2D eigenvalue weighted by atomic mass is 10.2. The van der Waals surface area contributed by atoms with Crippen molar-refractivity contribution in [2.75, 3.05) is 12.8 Å². The Morgan fingerprint density at radius 2 is 1.95 bits per heavy atom. The molecule has 4 nitrogen and oxygen atoms in total. The Kier molecular flexibility index (Phi) is 4.93. The molecule has 2 rings (SSSR count). The molecular weight excluding hydrogens is 292 g/mol. The van der Waals surface area contributed by atoms with Crippen LogP contribution in [0.1, 0.15) is 16.5 Å². The van der Waals surface area contributed by atoms with Crippen LogP contribution in [0.3, 0.4) is 0 Å². The van der Waals surface area contributed by atoms with Gasteiger partial charge in [0.1, 0.15) is 0 Å². The minimum absolute atomic E-state index is 0.00899. The molecule has 0 saturated heterocycles. The number of nitrogens with one attached hydrogen (secondary N) is 1. The molecule has 0 aliphatic rings. The Hall–Kier alpha value is -1.21. The molecule has 1 unspecified atom stereocenters. The van der Waals surface area contributed by atoms with Crippen LogP contribution in [0, 0.1) is 0 Å². The first-order valence-corrected chi connectivity index (χ1v) is 9.02. The maximum atomic E-state index is 11.3. The molecule has 1 heterocycles. The van der Waals surface area contributed by atoms with E-state index >= 15 is 0 Å². The lowest BCUT2D eigenvalue weighted by Gasteiger charge is -2.11. The molecule has 0 fully saturated rings. The highest BCUT2D eigenvalue weighted by Gasteiger charge is 2.07. The smallest absolute Gasteiger partial charge is 0.175 e. The van der Waals surface area contributed by atoms with Crippen molar-refractivity contribution in [2.45, 2.75) is 17.5 Å². The van der Waals surface area contributed by atoms with Crippen LogP contribution in [0.15, 0.2) is 46.7 Å². The molecule has 108 valence electrons. The van der Waals surface area contributed by atoms with Gasteiger partial charge in [-0.3, -0.25) is 0 Å². The zero-order valence-electron chi connectivity index (χ0n) is 11.2. The highest BCUT2D eigenvalue weighted by molar-refractivity contribution is 7.90. The lowest BCUT2D eigenvalue weighted by molar-refractivity contribution is 0.600. The van der Waals surface area contributed by atoms with Crippen molar-refractivity contribution in [2.24, 2.45) is 5.73 Å². The van der Waals surface area contributed by atoms with Gasteiger partial charge in [0.15, 0.2) is 9.84 Å². The summed E-state index contributed by atoms with van der Waals surface area (Å²) in [5.41, 5.74) is 7.09. The molecule has 0 saturated carbocycles. The Bertz CT molecular complexity index is 634. The molecule has 2 aromatic rings. The molecule has 0 bridgehead atoms. The van der Waals surface area contributed by atoms with Crippen molar-refractivity contribution < 1.29 is 8.42 Å². The van der Waals surface area contributed by atoms with Crippen molar-refractivity contribution >= 4 is 21.2 Å². The van der Waals surface area contributed by atoms with E-state index < -0.39 is 9.84 Å². The predicted octanol–water partition coefficient (Wildman–Crippen LogP) is 1.94. The Morgan fingerprint density at radius 3 is 2.50 bits per heavy atom. The third-order valence-electron chi connectivity index (χ3n) is 2.95. The fraction of sp³-hybridized carbons (Fsp3) is 0.286. The lowest BCUT2D eigenvalue weighted by Crippen LogP contribution is -2.25. The van der Waals surface area contributed by atoms with E-state index in [-0.39, 0.29) is 6.04 Å². The van der Waals surface area contributed by atoms with E-state index in [0.29, 0.717) is 18.0 Å². The van der Waals surface area contributed by atoms with Crippen LogP contribution in [-0.4, -0.2) is 21.2 Å². The van der Waals surface area contributed by atoms with Gasteiger partial charge >= 0.3 is 0 Å². The summed E-state index contributed by atoms with van der Waals surface area (Å²) in [6.07, 6.45) is 1.21. The quantitative estimate of drug-likeness (QED) is 0.855. The van der Waals surface area contributed by atoms with E-state index in [1.807, 2.05) is 29.6 Å². The molecule has 0 radical (unpaired) electrons. The first kappa shape index (κ1) is 15.2. The fourth-order valence-electron chi connectivity index (χ4n) is 1.83. The first-order chi connectivity index (χ1) is 9.47. The van der Waals surface area contributed by atoms with E-state index in [9.17, 15) is 8.42 Å². The molecule has 1 aromatic carbocycles. The normalized spacial score (nSPS) is 13.3. The summed E-state index contributed by atoms with van der Waals surface area (Å²) in [5.74, 6) is 0. The average Bonchev–Trinajstić information content (AvgIpc) is 2.92. The average molecular weight is 310 g/mol. The number of benzene rings is 1. The van der Waals surface area contributed by atoms with Crippen molar-refractivity contribution in [3.05, 3.63) is 52.2 Å². The molecule has 1 aromatic heterocycles. The van der Waals surface area contributed by atoms with Crippen LogP contribution in [0.5, 0.6) is 0 Å². The van der Waals surface area contributed by atoms with Gasteiger partial charge in [0.05, 0.1) is 10.9 Å². The number of thiophene rings is 1. The van der Waals surface area contributed by atoms with Crippen molar-refractivity contribution in [3.63, 3.8) is 0 Å². The van der Waals surface area contributed by atoms with Crippen LogP contribution in [0.4, 0.5) is 0 Å². The van der Waals surface area contributed by atoms with Gasteiger partial charge in [-0.15, -0.1) is 11.3 Å². The summed E-state index contributed by atoms with van der Waals surface area (Å²) >= 11 is 1.65. The largest absolute Gasteiger partial charge is 0.322 e. The third-order valence-corrected chi connectivity index (χ3v) is 5.09. The Labute approximate surface area is 123 Å². The summed E-state index contributed by atoms with van der Waals surface area (Å²) in [7, 11) is -3.12. The van der Waals surface area contributed by atoms with Crippen LogP contribution in [0.2, 0.25) is 0 Å². The molecule has 20 heavy (non-hydrogen) atoms. The summed E-state index contributed by atoms with van der Waals surface area (Å²) in [5, 5.41) is 5.29. The maximum Gasteiger partial charge on any atom is 0.175 e. The van der Waals surface area contributed by atoms with E-state index in [0.717, 1.165) is 10.4 Å². The van der Waals surface area contributed by atoms with E-state index in [4.69, 9.17) is 5.73 Å². The second-order valence-electron chi connectivity index (χ2n) is 4.67. The van der Waals surface area contributed by atoms with Gasteiger partial charge in [-0.25, -0.2) is 8.42 Å². The highest BCUT2D eigenvalue weighted by atomic mass is 32.2. The Morgan fingerprint density at radius 1 is 1.25 bits per heavy atom. The zero-order valence-corrected chi connectivity index (χ0v) is 12.9. The molecule has 3 N–H and O–H groups in total. The number of nitrogens with two attached hydrogens (primary N) is 1. The van der Waals surface area contributed by atoms with Gasteiger partial charge in [0.2, 0.25) is 0 Å². The summed E-state index contributed by atoms with van der Waals surface area (Å²) < 4.78 is 22.7. The molecule has 0 spiro atoms. The van der Waals surface area contributed by atoms with Crippen molar-refractivity contribution in [1.82, 2.24) is 5.32 Å². The maximum absolute atomic E-state index is 11.3. The minimum atomic E-state index is -3.12. The molecule has 0 aliphatic carbocycles. The first-order valence-electron chi connectivity index (χ1n) is 6.25. The second-order valence-corrected chi connectivity index (χ2v) is 7.66. The monoisotopic (exact) mass is 310 g/mol. The minimum Gasteiger partial charge on any atom is -0.322 e. The summed E-state index contributed by atoms with van der Waals surface area (Å²) in [4.78, 5) is 1.50. The topological polar surface area (TPSA) is 72.2 Å². The van der Waals surface area contributed by atoms with Gasteiger partial charge in [-0.2, -0.15) is 0 Å². The standard InChI is InChI=1S/C14H18N2O2S2/c1-20(17,18)12-6-4-11(5-7-12)9-16-10-13(15)14-3-2-8-19-14/h2-8,13,16H,9-10,15H2,1H3. The van der Waals surface area contributed by atoms with Crippen LogP contribution in [-0.2, 0) is 16.4 Å². The highest BCUT2D eigenvalue weighted by Crippen LogP contribution is 2.16. The fourth-order valence-corrected chi connectivity index (χ4v) is 3.19. The summed E-state index contributed by atoms with van der Waals surface area (Å²) in [6, 6.07) is 10.9. The van der Waals surface area contributed by atoms with Crippen LogP contribution >= 0.6 is 11.3 Å². The number of rotatable bonds is 6. The van der Waals surface area contributed by atoms with E-state index in [2.05, 4.69) is 5.32 Å². The Balaban J connectivity index is 1.86. The van der Waals surface area contributed by atoms with Crippen LogP contribution < -0.4 is 11.1 Å². The zero-order chi connectivity index (χ0) is 14.6. The van der Waals surface area contributed by atoms with E-state index in [1.165, 1.54) is 6.26 Å². The number of hydrogen-bond donors (Lipinski definition) is 2. The van der Waals surface area contributed by atoms with Gasteiger partial charge in [0, 0.05) is 24.2 Å². The van der Waals surface area contributed by atoms with Gasteiger partial charge in [0.25, 0.3) is 0 Å².